The monoisotopic (exact) mass is 297 g/mol. The van der Waals surface area contributed by atoms with Crippen molar-refractivity contribution in [2.24, 2.45) is 0 Å². The molecule has 0 aliphatic carbocycles. The van der Waals surface area contributed by atoms with Crippen LogP contribution in [0.3, 0.4) is 0 Å². The van der Waals surface area contributed by atoms with Gasteiger partial charge in [-0.15, -0.1) is 0 Å². The van der Waals surface area contributed by atoms with E-state index in [0.29, 0.717) is 12.4 Å². The van der Waals surface area contributed by atoms with E-state index in [-0.39, 0.29) is 12.1 Å². The van der Waals surface area contributed by atoms with Crippen molar-refractivity contribution in [1.29, 1.82) is 0 Å². The Morgan fingerprint density at radius 1 is 1.23 bits per heavy atom. The summed E-state index contributed by atoms with van der Waals surface area (Å²) in [6.07, 6.45) is 5.08. The number of hydrogen-bond donors (Lipinski definition) is 2. The van der Waals surface area contributed by atoms with Crippen LogP contribution in [0, 0.1) is 0 Å². The van der Waals surface area contributed by atoms with Crippen molar-refractivity contribution in [1.82, 2.24) is 14.9 Å². The van der Waals surface area contributed by atoms with Crippen LogP contribution in [0.4, 0.5) is 16.3 Å². The van der Waals surface area contributed by atoms with Crippen LogP contribution in [0.5, 0.6) is 0 Å². The average molecular weight is 297 g/mol. The van der Waals surface area contributed by atoms with E-state index in [4.69, 9.17) is 0 Å². The quantitative estimate of drug-likeness (QED) is 0.913. The third-order valence-electron chi connectivity index (χ3n) is 3.67. The van der Waals surface area contributed by atoms with Gasteiger partial charge >= 0.3 is 6.03 Å². The first-order valence-electron chi connectivity index (χ1n) is 7.45. The number of urea groups is 1. The van der Waals surface area contributed by atoms with Gasteiger partial charge in [0.1, 0.15) is 12.1 Å². The lowest BCUT2D eigenvalue weighted by atomic mass is 10.1. The van der Waals surface area contributed by atoms with Gasteiger partial charge in [0, 0.05) is 31.0 Å². The number of carbonyl (C=O) groups is 1. The van der Waals surface area contributed by atoms with E-state index in [9.17, 15) is 4.79 Å². The predicted molar refractivity (Wildman–Crippen MR) is 85.7 cm³/mol. The van der Waals surface area contributed by atoms with Crippen LogP contribution in [0.2, 0.25) is 0 Å². The third-order valence-corrected chi connectivity index (χ3v) is 3.67. The summed E-state index contributed by atoms with van der Waals surface area (Å²) >= 11 is 0. The highest BCUT2D eigenvalue weighted by Gasteiger charge is 2.23. The molecule has 1 aromatic heterocycles. The Balaban J connectivity index is 1.57. The molecule has 3 rings (SSSR count). The van der Waals surface area contributed by atoms with E-state index in [2.05, 4.69) is 20.6 Å². The van der Waals surface area contributed by atoms with Crippen LogP contribution in [0.1, 0.15) is 12.8 Å². The fraction of sp³-hybridized carbons (Fsp3) is 0.312. The number of rotatable bonds is 3. The number of anilines is 2. The summed E-state index contributed by atoms with van der Waals surface area (Å²) in [5.74, 6) is 0.526. The number of benzene rings is 1. The Kier molecular flexibility index (Phi) is 4.48. The summed E-state index contributed by atoms with van der Waals surface area (Å²) in [6.45, 7) is 1.45. The van der Waals surface area contributed by atoms with Gasteiger partial charge in [0.2, 0.25) is 0 Å². The molecule has 1 aliphatic heterocycles. The lowest BCUT2D eigenvalue weighted by molar-refractivity contribution is 0.196. The number of hydrogen-bond acceptors (Lipinski definition) is 4. The van der Waals surface area contributed by atoms with E-state index in [1.165, 1.54) is 6.33 Å². The zero-order valence-corrected chi connectivity index (χ0v) is 12.3. The number of nitrogens with one attached hydrogen (secondary N) is 2. The zero-order valence-electron chi connectivity index (χ0n) is 12.3. The van der Waals surface area contributed by atoms with E-state index >= 15 is 0 Å². The fourth-order valence-electron chi connectivity index (χ4n) is 2.60. The molecule has 0 saturated carbocycles. The molecule has 114 valence electrons. The Bertz CT molecular complexity index is 604. The SMILES string of the molecule is O=C(Nc1ccncn1)N1CCCC(Nc2ccccc2)C1. The summed E-state index contributed by atoms with van der Waals surface area (Å²) in [4.78, 5) is 22.0. The normalized spacial score (nSPS) is 17.8. The minimum Gasteiger partial charge on any atom is -0.381 e. The van der Waals surface area contributed by atoms with Crippen molar-refractivity contribution >= 4 is 17.5 Å². The van der Waals surface area contributed by atoms with Crippen LogP contribution in [0.15, 0.2) is 48.9 Å². The molecular weight excluding hydrogens is 278 g/mol. The summed E-state index contributed by atoms with van der Waals surface area (Å²) < 4.78 is 0. The Morgan fingerprint density at radius 2 is 2.09 bits per heavy atom. The highest BCUT2D eigenvalue weighted by atomic mass is 16.2. The van der Waals surface area contributed by atoms with Gasteiger partial charge in [-0.25, -0.2) is 14.8 Å². The molecular formula is C16H19N5O. The molecule has 2 aromatic rings. The molecule has 6 nitrogen and oxygen atoms in total. The first-order valence-corrected chi connectivity index (χ1v) is 7.45. The van der Waals surface area contributed by atoms with Gasteiger partial charge in [0.15, 0.2) is 0 Å². The topological polar surface area (TPSA) is 70.2 Å². The number of amides is 2. The second-order valence-corrected chi connectivity index (χ2v) is 5.32. The molecule has 6 heteroatoms. The van der Waals surface area contributed by atoms with Gasteiger partial charge in [0.05, 0.1) is 0 Å². The van der Waals surface area contributed by atoms with Crippen molar-refractivity contribution in [3.8, 4) is 0 Å². The fourth-order valence-corrected chi connectivity index (χ4v) is 2.60. The number of nitrogens with zero attached hydrogens (tertiary/aromatic N) is 3. The van der Waals surface area contributed by atoms with Crippen molar-refractivity contribution in [3.05, 3.63) is 48.9 Å². The summed E-state index contributed by atoms with van der Waals surface area (Å²) in [5, 5.41) is 6.29. The van der Waals surface area contributed by atoms with Gasteiger partial charge in [-0.2, -0.15) is 0 Å². The van der Waals surface area contributed by atoms with Gasteiger partial charge in [-0.05, 0) is 31.0 Å². The number of likely N-dealkylation sites (tertiary alicyclic amines) is 1. The minimum atomic E-state index is -0.113. The lowest BCUT2D eigenvalue weighted by Crippen LogP contribution is -2.46. The van der Waals surface area contributed by atoms with Gasteiger partial charge < -0.3 is 10.2 Å². The van der Waals surface area contributed by atoms with E-state index < -0.39 is 0 Å². The molecule has 1 saturated heterocycles. The van der Waals surface area contributed by atoms with Crippen molar-refractivity contribution in [2.75, 3.05) is 23.7 Å². The second kappa shape index (κ2) is 6.89. The molecule has 0 spiro atoms. The summed E-state index contributed by atoms with van der Waals surface area (Å²) in [6, 6.07) is 11.9. The summed E-state index contributed by atoms with van der Waals surface area (Å²) in [5.41, 5.74) is 1.09. The van der Waals surface area contributed by atoms with Crippen LogP contribution in [-0.2, 0) is 0 Å². The van der Waals surface area contributed by atoms with Crippen molar-refractivity contribution < 1.29 is 4.79 Å². The first-order chi connectivity index (χ1) is 10.8. The molecule has 2 N–H and O–H groups in total. The lowest BCUT2D eigenvalue weighted by Gasteiger charge is -2.33. The van der Waals surface area contributed by atoms with Gasteiger partial charge in [0.25, 0.3) is 0 Å². The molecule has 22 heavy (non-hydrogen) atoms. The first kappa shape index (κ1) is 14.3. The van der Waals surface area contributed by atoms with E-state index in [1.807, 2.05) is 35.2 Å². The smallest absolute Gasteiger partial charge is 0.323 e. The number of carbonyl (C=O) groups excluding carboxylic acids is 1. The Morgan fingerprint density at radius 3 is 2.86 bits per heavy atom. The molecule has 1 aromatic carbocycles. The number of piperidine rings is 1. The molecule has 0 radical (unpaired) electrons. The standard InChI is InChI=1S/C16H19N5O/c22-16(20-15-8-9-17-12-18-15)21-10-4-7-14(11-21)19-13-5-2-1-3-6-13/h1-3,5-6,8-9,12,14,19H,4,7,10-11H2,(H,17,18,20,22). The van der Waals surface area contributed by atoms with Gasteiger partial charge in [-0.3, -0.25) is 5.32 Å². The molecule has 1 fully saturated rings. The third kappa shape index (κ3) is 3.72. The van der Waals surface area contributed by atoms with Crippen molar-refractivity contribution in [2.45, 2.75) is 18.9 Å². The number of aromatic nitrogens is 2. The second-order valence-electron chi connectivity index (χ2n) is 5.32. The molecule has 1 atom stereocenters. The Labute approximate surface area is 129 Å². The van der Waals surface area contributed by atoms with E-state index in [1.54, 1.807) is 12.3 Å². The van der Waals surface area contributed by atoms with Crippen LogP contribution in [-0.4, -0.2) is 40.0 Å². The predicted octanol–water partition coefficient (Wildman–Crippen LogP) is 2.59. The van der Waals surface area contributed by atoms with Gasteiger partial charge in [-0.1, -0.05) is 18.2 Å². The van der Waals surface area contributed by atoms with Crippen LogP contribution < -0.4 is 10.6 Å². The highest BCUT2D eigenvalue weighted by Crippen LogP contribution is 2.16. The van der Waals surface area contributed by atoms with Crippen molar-refractivity contribution in [3.63, 3.8) is 0 Å². The molecule has 2 amide bonds. The maximum absolute atomic E-state index is 12.3. The average Bonchev–Trinajstić information content (AvgIpc) is 2.57. The molecule has 2 heterocycles. The highest BCUT2D eigenvalue weighted by molar-refractivity contribution is 5.88. The largest absolute Gasteiger partial charge is 0.381 e. The Hall–Kier alpha value is -2.63. The minimum absolute atomic E-state index is 0.113. The maximum atomic E-state index is 12.3. The maximum Gasteiger partial charge on any atom is 0.323 e. The van der Waals surface area contributed by atoms with Crippen LogP contribution in [0.25, 0.3) is 0 Å². The molecule has 1 aliphatic rings. The van der Waals surface area contributed by atoms with E-state index in [0.717, 1.165) is 25.1 Å². The number of para-hydroxylation sites is 1. The molecule has 1 unspecified atom stereocenters. The summed E-state index contributed by atoms with van der Waals surface area (Å²) in [7, 11) is 0. The van der Waals surface area contributed by atoms with Crippen LogP contribution >= 0.6 is 0 Å². The zero-order chi connectivity index (χ0) is 15.2. The molecule has 0 bridgehead atoms.